The average molecular weight is 376 g/mol. The predicted octanol–water partition coefficient (Wildman–Crippen LogP) is 1.70. The smallest absolute Gasteiger partial charge is 0.253 e. The minimum atomic E-state index is -0.509. The fraction of sp³-hybridized carbons (Fsp3) is 0.667. The van der Waals surface area contributed by atoms with E-state index in [1.807, 2.05) is 36.1 Å². The second-order valence-corrected chi connectivity index (χ2v) is 7.64. The Bertz CT molecular complexity index is 604. The summed E-state index contributed by atoms with van der Waals surface area (Å²) in [7, 11) is 0. The maximum atomic E-state index is 12.7. The number of hydrogen-bond acceptors (Lipinski definition) is 5. The van der Waals surface area contributed by atoms with Crippen LogP contribution in [-0.4, -0.2) is 85.6 Å². The highest BCUT2D eigenvalue weighted by Gasteiger charge is 2.22. The fourth-order valence-electron chi connectivity index (χ4n) is 3.78. The summed E-state index contributed by atoms with van der Waals surface area (Å²) < 4.78 is 11.1. The van der Waals surface area contributed by atoms with Gasteiger partial charge in [-0.1, -0.05) is 17.7 Å². The highest BCUT2D eigenvalue weighted by atomic mass is 16.5. The average Bonchev–Trinajstić information content (AvgIpc) is 3.06. The van der Waals surface area contributed by atoms with Crippen LogP contribution < -0.4 is 0 Å². The summed E-state index contributed by atoms with van der Waals surface area (Å²) in [5.74, 6) is 0.0981. The van der Waals surface area contributed by atoms with Crippen molar-refractivity contribution in [3.63, 3.8) is 0 Å². The van der Waals surface area contributed by atoms with E-state index in [9.17, 15) is 9.90 Å². The van der Waals surface area contributed by atoms with Crippen molar-refractivity contribution in [2.24, 2.45) is 0 Å². The van der Waals surface area contributed by atoms with E-state index in [-0.39, 0.29) is 12.0 Å². The molecule has 3 rings (SSSR count). The molecule has 2 saturated heterocycles. The van der Waals surface area contributed by atoms with Crippen molar-refractivity contribution in [2.45, 2.75) is 38.4 Å². The van der Waals surface area contributed by atoms with E-state index in [2.05, 4.69) is 4.90 Å². The molecule has 0 saturated carbocycles. The molecule has 1 aromatic rings. The number of carbonyl (C=O) groups excluding carboxylic acids is 1. The molecule has 27 heavy (non-hydrogen) atoms. The minimum Gasteiger partial charge on any atom is -0.389 e. The van der Waals surface area contributed by atoms with Gasteiger partial charge >= 0.3 is 0 Å². The van der Waals surface area contributed by atoms with Crippen LogP contribution >= 0.6 is 0 Å². The molecule has 0 aliphatic carbocycles. The van der Waals surface area contributed by atoms with Gasteiger partial charge in [0.15, 0.2) is 0 Å². The van der Waals surface area contributed by atoms with Crippen LogP contribution in [0.4, 0.5) is 0 Å². The first-order valence-corrected chi connectivity index (χ1v) is 10.1. The van der Waals surface area contributed by atoms with Crippen LogP contribution in [0.5, 0.6) is 0 Å². The summed E-state index contributed by atoms with van der Waals surface area (Å²) in [5.41, 5.74) is 1.86. The molecule has 2 aliphatic heterocycles. The van der Waals surface area contributed by atoms with Crippen LogP contribution in [0.1, 0.15) is 35.2 Å². The molecule has 6 heteroatoms. The maximum absolute atomic E-state index is 12.7. The summed E-state index contributed by atoms with van der Waals surface area (Å²) in [6.45, 7) is 7.42. The van der Waals surface area contributed by atoms with Gasteiger partial charge in [0.2, 0.25) is 0 Å². The third kappa shape index (κ3) is 6.28. The molecule has 2 unspecified atom stereocenters. The summed E-state index contributed by atoms with van der Waals surface area (Å²) in [6, 6.07) is 7.76. The van der Waals surface area contributed by atoms with Crippen molar-refractivity contribution in [1.82, 2.24) is 9.80 Å². The maximum Gasteiger partial charge on any atom is 0.253 e. The van der Waals surface area contributed by atoms with Gasteiger partial charge in [-0.15, -0.1) is 0 Å². The number of aliphatic hydroxyl groups is 1. The van der Waals surface area contributed by atoms with Crippen LogP contribution in [0.25, 0.3) is 0 Å². The summed E-state index contributed by atoms with van der Waals surface area (Å²) in [5, 5.41) is 10.3. The van der Waals surface area contributed by atoms with Gasteiger partial charge in [-0.3, -0.25) is 9.69 Å². The summed E-state index contributed by atoms with van der Waals surface area (Å²) in [4.78, 5) is 16.9. The lowest BCUT2D eigenvalue weighted by atomic mass is 10.1. The lowest BCUT2D eigenvalue weighted by molar-refractivity contribution is -0.0248. The lowest BCUT2D eigenvalue weighted by Gasteiger charge is -2.24. The molecule has 150 valence electrons. The van der Waals surface area contributed by atoms with Crippen molar-refractivity contribution < 1.29 is 19.4 Å². The van der Waals surface area contributed by atoms with E-state index in [4.69, 9.17) is 9.47 Å². The molecule has 2 atom stereocenters. The molecular weight excluding hydrogens is 344 g/mol. The number of benzene rings is 1. The third-order valence-corrected chi connectivity index (χ3v) is 5.25. The van der Waals surface area contributed by atoms with Gasteiger partial charge in [-0.05, 0) is 44.9 Å². The number of β-amino-alcohol motifs (C(OH)–C–C–N with tert-alkyl or cyclic N) is 1. The van der Waals surface area contributed by atoms with Gasteiger partial charge in [0.1, 0.15) is 0 Å². The van der Waals surface area contributed by atoms with Crippen molar-refractivity contribution >= 4 is 5.91 Å². The molecule has 2 fully saturated rings. The highest BCUT2D eigenvalue weighted by Crippen LogP contribution is 2.13. The summed E-state index contributed by atoms with van der Waals surface area (Å²) in [6.07, 6.45) is 2.75. The van der Waals surface area contributed by atoms with E-state index in [1.165, 1.54) is 0 Å². The third-order valence-electron chi connectivity index (χ3n) is 5.25. The van der Waals surface area contributed by atoms with E-state index >= 15 is 0 Å². The first-order chi connectivity index (χ1) is 13.1. The Balaban J connectivity index is 1.40. The zero-order valence-electron chi connectivity index (χ0n) is 16.3. The molecule has 1 aromatic carbocycles. The number of ether oxygens (including phenoxy) is 2. The summed E-state index contributed by atoms with van der Waals surface area (Å²) >= 11 is 0. The minimum absolute atomic E-state index is 0.0981. The molecule has 0 radical (unpaired) electrons. The highest BCUT2D eigenvalue weighted by molar-refractivity contribution is 5.94. The Morgan fingerprint density at radius 2 is 2.19 bits per heavy atom. The number of carbonyl (C=O) groups is 1. The molecule has 2 aliphatic rings. The van der Waals surface area contributed by atoms with Crippen LogP contribution in [0.2, 0.25) is 0 Å². The molecule has 1 amide bonds. The Morgan fingerprint density at radius 3 is 2.96 bits per heavy atom. The first-order valence-electron chi connectivity index (χ1n) is 10.1. The number of nitrogens with zero attached hydrogens (tertiary/aromatic N) is 2. The van der Waals surface area contributed by atoms with Crippen LogP contribution in [0, 0.1) is 6.92 Å². The molecule has 0 aromatic heterocycles. The van der Waals surface area contributed by atoms with Gasteiger partial charge in [-0.2, -0.15) is 0 Å². The lowest BCUT2D eigenvalue weighted by Crippen LogP contribution is -2.39. The fourth-order valence-corrected chi connectivity index (χ4v) is 3.78. The van der Waals surface area contributed by atoms with E-state index in [0.29, 0.717) is 26.3 Å². The van der Waals surface area contributed by atoms with Gasteiger partial charge < -0.3 is 19.5 Å². The quantitative estimate of drug-likeness (QED) is 0.785. The molecule has 0 bridgehead atoms. The number of amides is 1. The van der Waals surface area contributed by atoms with E-state index in [0.717, 1.165) is 56.6 Å². The number of aryl methyl sites for hydroxylation is 1. The Labute approximate surface area is 162 Å². The van der Waals surface area contributed by atoms with Crippen molar-refractivity contribution in [1.29, 1.82) is 0 Å². The van der Waals surface area contributed by atoms with Crippen LogP contribution in [-0.2, 0) is 9.47 Å². The van der Waals surface area contributed by atoms with Crippen molar-refractivity contribution in [3.05, 3.63) is 35.4 Å². The number of hydrogen-bond donors (Lipinski definition) is 1. The van der Waals surface area contributed by atoms with Gasteiger partial charge in [0, 0.05) is 38.3 Å². The van der Waals surface area contributed by atoms with Gasteiger partial charge in [0.05, 0.1) is 25.4 Å². The number of rotatable bonds is 7. The Hall–Kier alpha value is -1.47. The van der Waals surface area contributed by atoms with E-state index in [1.54, 1.807) is 0 Å². The standard InChI is InChI=1S/C21H32N2O4/c1-17-5-2-6-18(13-17)21(25)23-9-4-8-22(10-11-23)14-19(24)15-26-16-20-7-3-12-27-20/h2,5-6,13,19-20,24H,3-4,7-12,14-16H2,1H3. The van der Waals surface area contributed by atoms with Crippen LogP contribution in [0.15, 0.2) is 24.3 Å². The van der Waals surface area contributed by atoms with Crippen LogP contribution in [0.3, 0.4) is 0 Å². The second kappa shape index (κ2) is 10.2. The normalized spacial score (nSPS) is 22.6. The first kappa shape index (κ1) is 20.3. The monoisotopic (exact) mass is 376 g/mol. The molecule has 6 nitrogen and oxygen atoms in total. The van der Waals surface area contributed by atoms with E-state index < -0.39 is 6.10 Å². The van der Waals surface area contributed by atoms with Gasteiger partial charge in [0.25, 0.3) is 5.91 Å². The zero-order chi connectivity index (χ0) is 19.1. The van der Waals surface area contributed by atoms with Crippen molar-refractivity contribution in [3.8, 4) is 0 Å². The molecular formula is C21H32N2O4. The molecule has 1 N–H and O–H groups in total. The Kier molecular flexibility index (Phi) is 7.64. The molecule has 2 heterocycles. The number of aliphatic hydroxyl groups excluding tert-OH is 1. The molecule has 0 spiro atoms. The van der Waals surface area contributed by atoms with Crippen molar-refractivity contribution in [2.75, 3.05) is 52.5 Å². The van der Waals surface area contributed by atoms with Gasteiger partial charge in [-0.25, -0.2) is 0 Å². The SMILES string of the molecule is Cc1cccc(C(=O)N2CCCN(CC(O)COCC3CCCO3)CC2)c1. The second-order valence-electron chi connectivity index (χ2n) is 7.64. The zero-order valence-corrected chi connectivity index (χ0v) is 16.3. The Morgan fingerprint density at radius 1 is 1.30 bits per heavy atom. The predicted molar refractivity (Wildman–Crippen MR) is 104 cm³/mol. The largest absolute Gasteiger partial charge is 0.389 e. The topological polar surface area (TPSA) is 62.2 Å².